The molecule has 0 unspecified atom stereocenters. The van der Waals surface area contributed by atoms with E-state index in [4.69, 9.17) is 9.47 Å². The van der Waals surface area contributed by atoms with Crippen molar-refractivity contribution in [3.8, 4) is 54.7 Å². The summed E-state index contributed by atoms with van der Waals surface area (Å²) < 4.78 is 12.1. The monoisotopic (exact) mass is 478 g/mol. The van der Waals surface area contributed by atoms with Gasteiger partial charge in [-0.3, -0.25) is 0 Å². The van der Waals surface area contributed by atoms with Crippen LogP contribution in [0.15, 0.2) is 83.3 Å². The molecule has 6 rings (SSSR count). The van der Waals surface area contributed by atoms with E-state index in [0.29, 0.717) is 13.2 Å². The summed E-state index contributed by atoms with van der Waals surface area (Å²) >= 11 is 5.03. The van der Waals surface area contributed by atoms with Gasteiger partial charge in [-0.25, -0.2) is 0 Å². The van der Waals surface area contributed by atoms with Crippen molar-refractivity contribution >= 4 is 34.0 Å². The van der Waals surface area contributed by atoms with Crippen LogP contribution in [0.25, 0.3) is 19.5 Å². The molecule has 5 heteroatoms. The van der Waals surface area contributed by atoms with Gasteiger partial charge in [0.25, 0.3) is 0 Å². The van der Waals surface area contributed by atoms with Gasteiger partial charge >= 0.3 is 0 Å². The molecular formula is C28H14O2S3. The van der Waals surface area contributed by atoms with Crippen LogP contribution in [-0.2, 0) is 0 Å². The maximum absolute atomic E-state index is 6.07. The van der Waals surface area contributed by atoms with E-state index in [0.717, 1.165) is 51.9 Å². The Morgan fingerprint density at radius 1 is 0.636 bits per heavy atom. The molecule has 0 saturated heterocycles. The van der Waals surface area contributed by atoms with Crippen LogP contribution in [0.2, 0.25) is 0 Å². The summed E-state index contributed by atoms with van der Waals surface area (Å²) in [5, 5.41) is 0. The molecule has 0 N–H and O–H groups in total. The van der Waals surface area contributed by atoms with Gasteiger partial charge in [-0.15, -0.1) is 45.5 Å². The summed E-state index contributed by atoms with van der Waals surface area (Å²) in [5.41, 5.74) is 8.04. The van der Waals surface area contributed by atoms with Crippen LogP contribution in [0, 0.1) is 23.7 Å². The van der Waals surface area contributed by atoms with Crippen LogP contribution in [-0.4, -0.2) is 13.2 Å². The van der Waals surface area contributed by atoms with Crippen molar-refractivity contribution in [3.63, 3.8) is 0 Å². The Morgan fingerprint density at radius 3 is 1.61 bits per heavy atom. The van der Waals surface area contributed by atoms with Crippen molar-refractivity contribution < 1.29 is 9.47 Å². The lowest BCUT2D eigenvalue weighted by Crippen LogP contribution is -2.14. The van der Waals surface area contributed by atoms with E-state index >= 15 is 0 Å². The third-order valence-electron chi connectivity index (χ3n) is 4.90. The summed E-state index contributed by atoms with van der Waals surface area (Å²) in [4.78, 5) is 6.46. The normalized spacial score (nSPS) is 14.5. The first-order valence-corrected chi connectivity index (χ1v) is 12.7. The number of allylic oxidation sites excluding steroid dienone is 6. The molecule has 0 radical (unpaired) electrons. The van der Waals surface area contributed by atoms with Crippen LogP contribution in [0.3, 0.4) is 0 Å². The fraction of sp³-hybridized carbons (Fsp3) is 0.0714. The molecular weight excluding hydrogens is 465 g/mol. The van der Waals surface area contributed by atoms with Crippen molar-refractivity contribution in [1.29, 1.82) is 0 Å². The highest BCUT2D eigenvalue weighted by molar-refractivity contribution is 7.27. The predicted octanol–water partition coefficient (Wildman–Crippen LogP) is 6.98. The highest BCUT2D eigenvalue weighted by Gasteiger charge is 2.27. The summed E-state index contributed by atoms with van der Waals surface area (Å²) in [6.45, 7) is 1.11. The average Bonchev–Trinajstić information content (AvgIpc) is 3.67. The van der Waals surface area contributed by atoms with E-state index in [1.807, 2.05) is 36.5 Å². The molecule has 0 bridgehead atoms. The Bertz CT molecular complexity index is 1480. The Morgan fingerprint density at radius 2 is 1.15 bits per heavy atom. The summed E-state index contributed by atoms with van der Waals surface area (Å²) in [5.74, 6) is 14.5. The Hall–Kier alpha value is -3.66. The largest absolute Gasteiger partial charge is 0.485 e. The van der Waals surface area contributed by atoms with Crippen molar-refractivity contribution in [3.05, 3.63) is 93.1 Å². The van der Waals surface area contributed by atoms with Gasteiger partial charge in [-0.1, -0.05) is 35.8 Å². The quantitative estimate of drug-likeness (QED) is 0.292. The lowest BCUT2D eigenvalue weighted by molar-refractivity contribution is 0.175. The zero-order valence-corrected chi connectivity index (χ0v) is 19.7. The second-order valence-corrected chi connectivity index (χ2v) is 10.3. The molecule has 0 fully saturated rings. The predicted molar refractivity (Wildman–Crippen MR) is 137 cm³/mol. The van der Waals surface area contributed by atoms with Gasteiger partial charge in [0.1, 0.15) is 13.2 Å². The van der Waals surface area contributed by atoms with Crippen LogP contribution in [0.4, 0.5) is 0 Å². The van der Waals surface area contributed by atoms with Crippen LogP contribution < -0.4 is 9.47 Å². The molecule has 0 amide bonds. The van der Waals surface area contributed by atoms with Crippen molar-refractivity contribution in [1.82, 2.24) is 0 Å². The first-order valence-electron chi connectivity index (χ1n) is 10.3. The average molecular weight is 479 g/mol. The van der Waals surface area contributed by atoms with Crippen molar-refractivity contribution in [2.75, 3.05) is 13.2 Å². The molecule has 3 aromatic heterocycles. The minimum absolute atomic E-state index is 0.554. The Balaban J connectivity index is 1.34. The third kappa shape index (κ3) is 4.09. The fourth-order valence-corrected chi connectivity index (χ4v) is 6.53. The molecule has 4 heterocycles. The second kappa shape index (κ2) is 8.70. The van der Waals surface area contributed by atoms with E-state index < -0.39 is 0 Å². The lowest BCUT2D eigenvalue weighted by Gasteiger charge is -2.16. The lowest BCUT2D eigenvalue weighted by atomic mass is 10.2. The standard InChI is InChI=1S/C28H14O2S3/c1-2-6-19(5-1)9-11-21-13-15-23(31-21)27-25-26(30-18-17-29-25)28(33-27)24-16-14-22(32-24)12-10-20-7-3-4-8-20/h1-5,7,13-16H,17-18H2. The van der Waals surface area contributed by atoms with Gasteiger partial charge in [0.2, 0.25) is 0 Å². The molecule has 0 aromatic carbocycles. The Labute approximate surface area is 203 Å². The first kappa shape index (κ1) is 20.0. The number of thiophene rings is 3. The molecule has 2 aliphatic carbocycles. The molecule has 156 valence electrons. The first-order chi connectivity index (χ1) is 16.3. The SMILES string of the molecule is C1=CC=CC=1C#Cc1ccc(-c2sc(-c3ccc(C#CC4=C=CC=C4)s3)c3c2OCCO3)s1. The third-order valence-corrected chi connectivity index (χ3v) is 8.41. The van der Waals surface area contributed by atoms with Gasteiger partial charge in [-0.05, 0) is 48.6 Å². The minimum Gasteiger partial charge on any atom is -0.485 e. The van der Waals surface area contributed by atoms with E-state index in [1.165, 1.54) is 0 Å². The number of ether oxygens (including phenoxy) is 2. The maximum Gasteiger partial charge on any atom is 0.181 e. The molecule has 0 atom stereocenters. The van der Waals surface area contributed by atoms with E-state index in [1.54, 1.807) is 34.0 Å². The van der Waals surface area contributed by atoms with Crippen LogP contribution >= 0.6 is 34.0 Å². The molecule has 33 heavy (non-hydrogen) atoms. The van der Waals surface area contributed by atoms with Gasteiger partial charge in [-0.2, -0.15) is 0 Å². The molecule has 3 aromatic rings. The minimum atomic E-state index is 0.554. The van der Waals surface area contributed by atoms with Gasteiger partial charge in [0.05, 0.1) is 30.7 Å². The number of rotatable bonds is 2. The second-order valence-electron chi connectivity index (χ2n) is 7.11. The number of fused-ring (bicyclic) bond motifs is 1. The summed E-state index contributed by atoms with van der Waals surface area (Å²) in [6, 6.07) is 8.34. The molecule has 3 aliphatic rings. The summed E-state index contributed by atoms with van der Waals surface area (Å²) in [7, 11) is 0. The molecule has 0 spiro atoms. The number of hydrogen-bond acceptors (Lipinski definition) is 5. The summed E-state index contributed by atoms with van der Waals surface area (Å²) in [6.07, 6.45) is 11.6. The molecule has 2 nitrogen and oxygen atoms in total. The van der Waals surface area contributed by atoms with E-state index in [-0.39, 0.29) is 0 Å². The fourth-order valence-electron chi connectivity index (χ4n) is 3.40. The topological polar surface area (TPSA) is 18.5 Å². The highest BCUT2D eigenvalue weighted by atomic mass is 32.1. The highest BCUT2D eigenvalue weighted by Crippen LogP contribution is 2.55. The van der Waals surface area contributed by atoms with Crippen LogP contribution in [0.5, 0.6) is 11.5 Å². The number of hydrogen-bond donors (Lipinski definition) is 0. The van der Waals surface area contributed by atoms with Gasteiger partial charge in [0, 0.05) is 9.75 Å². The van der Waals surface area contributed by atoms with Crippen LogP contribution in [0.1, 0.15) is 9.75 Å². The smallest absolute Gasteiger partial charge is 0.181 e. The van der Waals surface area contributed by atoms with Gasteiger partial charge < -0.3 is 9.47 Å². The van der Waals surface area contributed by atoms with Crippen molar-refractivity contribution in [2.24, 2.45) is 0 Å². The Kier molecular flexibility index (Phi) is 5.27. The molecule has 1 aliphatic heterocycles. The molecule has 0 saturated carbocycles. The van der Waals surface area contributed by atoms with E-state index in [9.17, 15) is 0 Å². The maximum atomic E-state index is 6.07. The zero-order chi connectivity index (χ0) is 22.0. The van der Waals surface area contributed by atoms with Gasteiger partial charge in [0.15, 0.2) is 11.5 Å². The van der Waals surface area contributed by atoms with Crippen molar-refractivity contribution in [2.45, 2.75) is 0 Å². The zero-order valence-electron chi connectivity index (χ0n) is 17.2. The van der Waals surface area contributed by atoms with E-state index in [2.05, 4.69) is 59.4 Å².